The van der Waals surface area contributed by atoms with E-state index in [2.05, 4.69) is 0 Å². The lowest BCUT2D eigenvalue weighted by molar-refractivity contribution is -0.000806. The molecule has 1 atom stereocenters. The number of ether oxygens (including phenoxy) is 1. The van der Waals surface area contributed by atoms with E-state index in [0.29, 0.717) is 12.0 Å². The number of esters is 1. The lowest BCUT2D eigenvalue weighted by atomic mass is 9.93. The minimum absolute atomic E-state index is 0.185. The van der Waals surface area contributed by atoms with E-state index in [1.807, 2.05) is 13.8 Å². The molecule has 0 fully saturated rings. The summed E-state index contributed by atoms with van der Waals surface area (Å²) in [6.45, 7) is 3.76. The molecule has 0 amide bonds. The predicted octanol–water partition coefficient (Wildman–Crippen LogP) is 1.18. The Morgan fingerprint density at radius 2 is 2.13 bits per heavy atom. The summed E-state index contributed by atoms with van der Waals surface area (Å²) in [5, 5.41) is 0. The molecule has 4 nitrogen and oxygen atoms in total. The maximum atomic E-state index is 11.7. The molecule has 1 aliphatic heterocycles. The fourth-order valence-corrected chi connectivity index (χ4v) is 1.84. The average Bonchev–Trinajstić information content (AvgIpc) is 2.46. The van der Waals surface area contributed by atoms with Crippen molar-refractivity contribution in [2.45, 2.75) is 25.9 Å². The number of hydrogen-bond donors (Lipinski definition) is 0. The van der Waals surface area contributed by atoms with Gasteiger partial charge in [0.2, 0.25) is 0 Å². The van der Waals surface area contributed by atoms with E-state index in [9.17, 15) is 9.59 Å². The minimum Gasteiger partial charge on any atom is -0.451 e. The van der Waals surface area contributed by atoms with Gasteiger partial charge in [0.15, 0.2) is 0 Å². The van der Waals surface area contributed by atoms with Crippen LogP contribution in [0.2, 0.25) is 0 Å². The van der Waals surface area contributed by atoms with Gasteiger partial charge in [-0.3, -0.25) is 4.79 Å². The Kier molecular flexibility index (Phi) is 1.96. The zero-order valence-electron chi connectivity index (χ0n) is 9.03. The van der Waals surface area contributed by atoms with Gasteiger partial charge in [0.1, 0.15) is 11.2 Å². The van der Waals surface area contributed by atoms with Crippen molar-refractivity contribution in [1.82, 2.24) is 4.57 Å². The molecule has 1 aliphatic rings. The molecule has 1 aromatic rings. The fraction of sp³-hybridized carbons (Fsp3) is 0.455. The Morgan fingerprint density at radius 3 is 2.73 bits per heavy atom. The van der Waals surface area contributed by atoms with Gasteiger partial charge in [-0.05, 0) is 19.4 Å². The molecular formula is C11H13NO3. The summed E-state index contributed by atoms with van der Waals surface area (Å²) in [5.74, 6) is -0.504. The second kappa shape index (κ2) is 2.95. The smallest absolute Gasteiger partial charge is 0.345 e. The standard InChI is InChI=1S/C11H13NO3/c1-4-11(2)7-5-6-12(3)9(13)8(7)10(14)15-11/h5-6H,4H2,1-3H3. The Morgan fingerprint density at radius 1 is 1.47 bits per heavy atom. The summed E-state index contributed by atoms with van der Waals surface area (Å²) in [6.07, 6.45) is 2.33. The van der Waals surface area contributed by atoms with E-state index in [1.54, 1.807) is 19.3 Å². The number of pyridine rings is 1. The average molecular weight is 207 g/mol. The number of fused-ring (bicyclic) bond motifs is 1. The Labute approximate surface area is 87.5 Å². The molecule has 0 radical (unpaired) electrons. The SMILES string of the molecule is CCC1(C)OC(=O)c2c1ccn(C)c2=O. The van der Waals surface area contributed by atoms with Crippen molar-refractivity contribution in [3.8, 4) is 0 Å². The van der Waals surface area contributed by atoms with Gasteiger partial charge in [0.25, 0.3) is 5.56 Å². The third-order valence-corrected chi connectivity index (χ3v) is 3.03. The van der Waals surface area contributed by atoms with Crippen molar-refractivity contribution in [2.75, 3.05) is 0 Å². The van der Waals surface area contributed by atoms with Crippen LogP contribution < -0.4 is 5.56 Å². The number of hydrogen-bond acceptors (Lipinski definition) is 3. The molecule has 0 N–H and O–H groups in total. The summed E-state index contributed by atoms with van der Waals surface area (Å²) in [6, 6.07) is 1.78. The molecule has 1 aromatic heterocycles. The maximum absolute atomic E-state index is 11.7. The minimum atomic E-state index is -0.639. The number of carbonyl (C=O) groups is 1. The quantitative estimate of drug-likeness (QED) is 0.650. The van der Waals surface area contributed by atoms with Gasteiger partial charge in [0.05, 0.1) is 0 Å². The van der Waals surface area contributed by atoms with Crippen molar-refractivity contribution in [2.24, 2.45) is 7.05 Å². The van der Waals surface area contributed by atoms with Crippen LogP contribution in [0, 0.1) is 0 Å². The third-order valence-electron chi connectivity index (χ3n) is 3.03. The van der Waals surface area contributed by atoms with Crippen LogP contribution in [-0.2, 0) is 17.4 Å². The van der Waals surface area contributed by atoms with Crippen LogP contribution in [-0.4, -0.2) is 10.5 Å². The van der Waals surface area contributed by atoms with E-state index < -0.39 is 11.6 Å². The molecule has 4 heteroatoms. The first kappa shape index (κ1) is 9.96. The Bertz CT molecular complexity index is 489. The maximum Gasteiger partial charge on any atom is 0.345 e. The normalized spacial score (nSPS) is 23.8. The third kappa shape index (κ3) is 1.21. The second-order valence-electron chi connectivity index (χ2n) is 3.99. The number of carbonyl (C=O) groups excluding carboxylic acids is 1. The van der Waals surface area contributed by atoms with Crippen molar-refractivity contribution >= 4 is 5.97 Å². The summed E-state index contributed by atoms with van der Waals surface area (Å²) in [4.78, 5) is 23.3. The zero-order valence-corrected chi connectivity index (χ0v) is 9.03. The predicted molar refractivity (Wildman–Crippen MR) is 54.7 cm³/mol. The van der Waals surface area contributed by atoms with Crippen LogP contribution in [0.3, 0.4) is 0 Å². The monoisotopic (exact) mass is 207 g/mol. The molecule has 0 spiro atoms. The van der Waals surface area contributed by atoms with Crippen LogP contribution in [0.1, 0.15) is 36.2 Å². The summed E-state index contributed by atoms with van der Waals surface area (Å²) in [5.41, 5.74) is -0.0306. The summed E-state index contributed by atoms with van der Waals surface area (Å²) in [7, 11) is 1.62. The second-order valence-corrected chi connectivity index (χ2v) is 3.99. The first-order valence-corrected chi connectivity index (χ1v) is 4.93. The van der Waals surface area contributed by atoms with Crippen molar-refractivity contribution in [1.29, 1.82) is 0 Å². The van der Waals surface area contributed by atoms with Crippen LogP contribution in [0.4, 0.5) is 0 Å². The largest absolute Gasteiger partial charge is 0.451 e. The Hall–Kier alpha value is -1.58. The van der Waals surface area contributed by atoms with Gasteiger partial charge in [-0.2, -0.15) is 0 Å². The lowest BCUT2D eigenvalue weighted by Gasteiger charge is -2.21. The number of cyclic esters (lactones) is 1. The van der Waals surface area contributed by atoms with Crippen LogP contribution in [0.5, 0.6) is 0 Å². The highest BCUT2D eigenvalue weighted by Crippen LogP contribution is 2.36. The van der Waals surface area contributed by atoms with Crippen molar-refractivity contribution in [3.63, 3.8) is 0 Å². The van der Waals surface area contributed by atoms with Crippen molar-refractivity contribution < 1.29 is 9.53 Å². The molecule has 2 rings (SSSR count). The number of aryl methyl sites for hydroxylation is 1. The first-order valence-electron chi connectivity index (χ1n) is 4.93. The van der Waals surface area contributed by atoms with Gasteiger partial charge < -0.3 is 9.30 Å². The van der Waals surface area contributed by atoms with Crippen LogP contribution in [0.15, 0.2) is 17.1 Å². The van der Waals surface area contributed by atoms with Gasteiger partial charge in [-0.15, -0.1) is 0 Å². The van der Waals surface area contributed by atoms with E-state index >= 15 is 0 Å². The molecular weight excluding hydrogens is 194 g/mol. The molecule has 0 saturated heterocycles. The topological polar surface area (TPSA) is 48.3 Å². The van der Waals surface area contributed by atoms with Gasteiger partial charge in [-0.1, -0.05) is 6.92 Å². The molecule has 0 saturated carbocycles. The van der Waals surface area contributed by atoms with Gasteiger partial charge in [-0.25, -0.2) is 4.79 Å². The first-order chi connectivity index (χ1) is 6.99. The summed E-state index contributed by atoms with van der Waals surface area (Å²) >= 11 is 0. The molecule has 1 unspecified atom stereocenters. The van der Waals surface area contributed by atoms with E-state index in [4.69, 9.17) is 4.74 Å². The van der Waals surface area contributed by atoms with E-state index in [-0.39, 0.29) is 11.1 Å². The van der Waals surface area contributed by atoms with Crippen molar-refractivity contribution in [3.05, 3.63) is 33.7 Å². The summed E-state index contributed by atoms with van der Waals surface area (Å²) < 4.78 is 6.64. The Balaban J connectivity index is 2.76. The van der Waals surface area contributed by atoms with E-state index in [0.717, 1.165) is 0 Å². The zero-order chi connectivity index (χ0) is 11.2. The highest BCUT2D eigenvalue weighted by molar-refractivity contribution is 5.94. The molecule has 0 aliphatic carbocycles. The lowest BCUT2D eigenvalue weighted by Crippen LogP contribution is -2.23. The number of nitrogens with zero attached hydrogens (tertiary/aromatic N) is 1. The molecule has 15 heavy (non-hydrogen) atoms. The van der Waals surface area contributed by atoms with Gasteiger partial charge in [0, 0.05) is 18.8 Å². The molecule has 0 bridgehead atoms. The van der Waals surface area contributed by atoms with Crippen LogP contribution >= 0.6 is 0 Å². The van der Waals surface area contributed by atoms with Crippen LogP contribution in [0.25, 0.3) is 0 Å². The molecule has 2 heterocycles. The fourth-order valence-electron chi connectivity index (χ4n) is 1.84. The number of rotatable bonds is 1. The highest BCUT2D eigenvalue weighted by Gasteiger charge is 2.42. The van der Waals surface area contributed by atoms with Gasteiger partial charge >= 0.3 is 5.97 Å². The molecule has 80 valence electrons. The highest BCUT2D eigenvalue weighted by atomic mass is 16.6. The van der Waals surface area contributed by atoms with E-state index in [1.165, 1.54) is 4.57 Å². The number of aromatic nitrogens is 1. The molecule has 0 aromatic carbocycles.